The summed E-state index contributed by atoms with van der Waals surface area (Å²) in [6.07, 6.45) is -2.94. The third kappa shape index (κ3) is 2.24. The molecule has 0 fully saturated rings. The van der Waals surface area contributed by atoms with Crippen LogP contribution in [0.15, 0.2) is 6.07 Å². The maximum atomic E-state index is 12.4. The average Bonchev–Trinajstić information content (AvgIpc) is 2.16. The molecule has 5 nitrogen and oxygen atoms in total. The number of nitrogens with zero attached hydrogens (tertiary/aromatic N) is 2. The first-order chi connectivity index (χ1) is 6.97. The second-order valence-corrected chi connectivity index (χ2v) is 2.89. The normalized spacial score (nSPS) is 10.7. The minimum atomic E-state index is -2.94. The molecule has 1 aromatic heterocycles. The van der Waals surface area contributed by atoms with Crippen molar-refractivity contribution in [3.63, 3.8) is 0 Å². The maximum absolute atomic E-state index is 12.4. The SMILES string of the molecule is Cc1cc(CO)c(C(F)F)nc1[N+](=O)[O-]. The lowest BCUT2D eigenvalue weighted by molar-refractivity contribution is -0.390. The van der Waals surface area contributed by atoms with Crippen LogP contribution in [-0.2, 0) is 6.61 Å². The Balaban J connectivity index is 3.37. The topological polar surface area (TPSA) is 76.3 Å². The van der Waals surface area contributed by atoms with E-state index in [9.17, 15) is 18.9 Å². The average molecular weight is 218 g/mol. The van der Waals surface area contributed by atoms with E-state index >= 15 is 0 Å². The van der Waals surface area contributed by atoms with Gasteiger partial charge in [0, 0.05) is 11.1 Å². The molecule has 1 N–H and O–H groups in total. The third-order valence-electron chi connectivity index (χ3n) is 1.85. The van der Waals surface area contributed by atoms with E-state index in [4.69, 9.17) is 5.11 Å². The van der Waals surface area contributed by atoms with Crippen molar-refractivity contribution in [3.8, 4) is 0 Å². The first-order valence-electron chi connectivity index (χ1n) is 4.01. The van der Waals surface area contributed by atoms with Crippen molar-refractivity contribution in [2.75, 3.05) is 0 Å². The number of aromatic nitrogens is 1. The summed E-state index contributed by atoms with van der Waals surface area (Å²) >= 11 is 0. The van der Waals surface area contributed by atoms with Gasteiger partial charge in [-0.3, -0.25) is 0 Å². The van der Waals surface area contributed by atoms with Crippen molar-refractivity contribution in [2.45, 2.75) is 20.0 Å². The van der Waals surface area contributed by atoms with E-state index in [1.54, 1.807) is 0 Å². The van der Waals surface area contributed by atoms with Gasteiger partial charge in [0.1, 0.15) is 0 Å². The van der Waals surface area contributed by atoms with Gasteiger partial charge in [-0.25, -0.2) is 8.78 Å². The largest absolute Gasteiger partial charge is 0.392 e. The molecule has 1 rings (SSSR count). The highest BCUT2D eigenvalue weighted by molar-refractivity contribution is 5.38. The lowest BCUT2D eigenvalue weighted by atomic mass is 10.1. The molecule has 1 aromatic rings. The molecule has 0 atom stereocenters. The lowest BCUT2D eigenvalue weighted by Gasteiger charge is -2.04. The fourth-order valence-electron chi connectivity index (χ4n) is 1.17. The molecular formula is C8H8F2N2O3. The van der Waals surface area contributed by atoms with Gasteiger partial charge in [-0.1, -0.05) is 0 Å². The Labute approximate surface area is 83.5 Å². The summed E-state index contributed by atoms with van der Waals surface area (Å²) in [7, 11) is 0. The van der Waals surface area contributed by atoms with Gasteiger partial charge < -0.3 is 15.2 Å². The van der Waals surface area contributed by atoms with E-state index in [2.05, 4.69) is 4.98 Å². The predicted octanol–water partition coefficient (Wildman–Crippen LogP) is 1.73. The number of aliphatic hydroxyl groups is 1. The van der Waals surface area contributed by atoms with E-state index in [0.29, 0.717) is 0 Å². The molecule has 0 amide bonds. The number of halogens is 2. The molecule has 0 aliphatic carbocycles. The number of nitro groups is 1. The van der Waals surface area contributed by atoms with Crippen molar-refractivity contribution in [1.82, 2.24) is 4.98 Å². The summed E-state index contributed by atoms with van der Waals surface area (Å²) in [5.41, 5.74) is -0.684. The Morgan fingerprint density at radius 1 is 1.67 bits per heavy atom. The summed E-state index contributed by atoms with van der Waals surface area (Å²) < 4.78 is 24.8. The summed E-state index contributed by atoms with van der Waals surface area (Å²) in [5, 5.41) is 19.2. The van der Waals surface area contributed by atoms with Crippen molar-refractivity contribution in [1.29, 1.82) is 0 Å². The Kier molecular flexibility index (Phi) is 3.25. The zero-order valence-electron chi connectivity index (χ0n) is 7.78. The van der Waals surface area contributed by atoms with Gasteiger partial charge >= 0.3 is 12.2 Å². The monoisotopic (exact) mass is 218 g/mol. The molecule has 0 unspecified atom stereocenters. The number of aliphatic hydroxyl groups excluding tert-OH is 1. The van der Waals surface area contributed by atoms with Gasteiger partial charge in [-0.2, -0.15) is 0 Å². The third-order valence-corrected chi connectivity index (χ3v) is 1.85. The first kappa shape index (κ1) is 11.4. The van der Waals surface area contributed by atoms with Crippen molar-refractivity contribution in [3.05, 3.63) is 33.0 Å². The highest BCUT2D eigenvalue weighted by atomic mass is 19.3. The molecule has 0 spiro atoms. The molecule has 15 heavy (non-hydrogen) atoms. The minimum Gasteiger partial charge on any atom is -0.392 e. The van der Waals surface area contributed by atoms with Crippen LogP contribution in [0.3, 0.4) is 0 Å². The quantitative estimate of drug-likeness (QED) is 0.619. The molecule has 0 radical (unpaired) electrons. The highest BCUT2D eigenvalue weighted by Crippen LogP contribution is 2.26. The van der Waals surface area contributed by atoms with Crippen LogP contribution in [-0.4, -0.2) is 15.0 Å². The molecule has 0 aliphatic rings. The first-order valence-corrected chi connectivity index (χ1v) is 4.01. The van der Waals surface area contributed by atoms with Crippen molar-refractivity contribution in [2.24, 2.45) is 0 Å². The summed E-state index contributed by atoms with van der Waals surface area (Å²) in [5.74, 6) is -0.609. The summed E-state index contributed by atoms with van der Waals surface area (Å²) in [6.45, 7) is 0.755. The number of hydrogen-bond donors (Lipinski definition) is 1. The minimum absolute atomic E-state index is 0.0897. The molecule has 0 aliphatic heterocycles. The number of pyridine rings is 1. The van der Waals surface area contributed by atoms with Gasteiger partial charge in [-0.05, 0) is 22.9 Å². The lowest BCUT2D eigenvalue weighted by Crippen LogP contribution is -2.04. The van der Waals surface area contributed by atoms with Crippen LogP contribution in [0, 0.1) is 17.0 Å². The van der Waals surface area contributed by atoms with Gasteiger partial charge in [0.2, 0.25) is 5.69 Å². The van der Waals surface area contributed by atoms with Crippen molar-refractivity contribution < 1.29 is 18.8 Å². The maximum Gasteiger partial charge on any atom is 0.366 e. The van der Waals surface area contributed by atoms with Crippen LogP contribution in [0.4, 0.5) is 14.6 Å². The van der Waals surface area contributed by atoms with Crippen LogP contribution in [0.5, 0.6) is 0 Å². The summed E-state index contributed by atoms with van der Waals surface area (Å²) in [4.78, 5) is 12.8. The Hall–Kier alpha value is -1.63. The Morgan fingerprint density at radius 3 is 2.67 bits per heavy atom. The highest BCUT2D eigenvalue weighted by Gasteiger charge is 2.25. The van der Waals surface area contributed by atoms with Gasteiger partial charge in [0.15, 0.2) is 0 Å². The van der Waals surface area contributed by atoms with Crippen LogP contribution in [0.2, 0.25) is 0 Å². The second-order valence-electron chi connectivity index (χ2n) is 2.89. The predicted molar refractivity (Wildman–Crippen MR) is 46.5 cm³/mol. The van der Waals surface area contributed by atoms with Crippen LogP contribution >= 0.6 is 0 Å². The number of hydrogen-bond acceptors (Lipinski definition) is 4. The number of rotatable bonds is 3. The van der Waals surface area contributed by atoms with E-state index in [-0.39, 0.29) is 11.1 Å². The van der Waals surface area contributed by atoms with E-state index in [0.717, 1.165) is 6.07 Å². The molecule has 0 saturated heterocycles. The van der Waals surface area contributed by atoms with Gasteiger partial charge in [0.05, 0.1) is 6.61 Å². The number of alkyl halides is 2. The van der Waals surface area contributed by atoms with Gasteiger partial charge in [0.25, 0.3) is 0 Å². The standard InChI is InChI=1S/C8H8F2N2O3/c1-4-2-5(3-13)6(7(9)10)11-8(4)12(14)15/h2,7,13H,3H2,1H3. The molecule has 0 bridgehead atoms. The molecule has 7 heteroatoms. The second kappa shape index (κ2) is 4.26. The molecule has 82 valence electrons. The van der Waals surface area contributed by atoms with Crippen LogP contribution in [0.1, 0.15) is 23.2 Å². The zero-order chi connectivity index (χ0) is 11.6. The Bertz CT molecular complexity index is 396. The Morgan fingerprint density at radius 2 is 2.27 bits per heavy atom. The van der Waals surface area contributed by atoms with E-state index in [1.165, 1.54) is 6.92 Å². The number of aryl methyl sites for hydroxylation is 1. The molecule has 0 aromatic carbocycles. The fraction of sp³-hybridized carbons (Fsp3) is 0.375. The fourth-order valence-corrected chi connectivity index (χ4v) is 1.17. The zero-order valence-corrected chi connectivity index (χ0v) is 7.78. The molecular weight excluding hydrogens is 210 g/mol. The summed E-state index contributed by atoms with van der Waals surface area (Å²) in [6, 6.07) is 1.15. The van der Waals surface area contributed by atoms with Crippen molar-refractivity contribution >= 4 is 5.82 Å². The molecule has 0 saturated carbocycles. The van der Waals surface area contributed by atoms with Gasteiger partial charge in [-0.15, -0.1) is 0 Å². The van der Waals surface area contributed by atoms with Crippen LogP contribution in [0.25, 0.3) is 0 Å². The molecule has 1 heterocycles. The van der Waals surface area contributed by atoms with Crippen LogP contribution < -0.4 is 0 Å². The smallest absolute Gasteiger partial charge is 0.366 e. The van der Waals surface area contributed by atoms with E-state index in [1.807, 2.05) is 0 Å². The van der Waals surface area contributed by atoms with E-state index < -0.39 is 29.5 Å².